The molecule has 0 bridgehead atoms. The van der Waals surface area contributed by atoms with Crippen molar-refractivity contribution in [3.8, 4) is 0 Å². The van der Waals surface area contributed by atoms with Crippen LogP contribution in [0.2, 0.25) is 0 Å². The number of allylic oxidation sites excluding steroid dienone is 24. The quantitative estimate of drug-likeness (QED) is 0.168. The summed E-state index contributed by atoms with van der Waals surface area (Å²) in [4.78, 5) is 10.8. The highest BCUT2D eigenvalue weighted by molar-refractivity contribution is 5.86. The average molecular weight is 581 g/mol. The van der Waals surface area contributed by atoms with Crippen LogP contribution in [0.1, 0.15) is 75.2 Å². The third kappa shape index (κ3) is 15.2. The van der Waals surface area contributed by atoms with E-state index in [9.17, 15) is 9.90 Å². The molecule has 1 unspecified atom stereocenters. The van der Waals surface area contributed by atoms with Crippen molar-refractivity contribution in [3.63, 3.8) is 0 Å². The molecular formula is C40H52O3. The fourth-order valence-corrected chi connectivity index (χ4v) is 4.31. The smallest absolute Gasteiger partial charge is 0.331 e. The van der Waals surface area contributed by atoms with E-state index in [1.807, 2.05) is 56.4 Å². The van der Waals surface area contributed by atoms with Gasteiger partial charge in [0.05, 0.1) is 6.10 Å². The Balaban J connectivity index is 2.64. The summed E-state index contributed by atoms with van der Waals surface area (Å²) in [7, 11) is 0. The number of aliphatic hydroxyl groups excluding tert-OH is 1. The molecule has 0 radical (unpaired) electrons. The third-order valence-electron chi connectivity index (χ3n) is 7.32. The van der Waals surface area contributed by atoms with Gasteiger partial charge in [-0.1, -0.05) is 157 Å². The van der Waals surface area contributed by atoms with Gasteiger partial charge in [-0.25, -0.2) is 4.79 Å². The van der Waals surface area contributed by atoms with Crippen molar-refractivity contribution in [2.75, 3.05) is 0 Å². The van der Waals surface area contributed by atoms with Crippen molar-refractivity contribution >= 4 is 5.97 Å². The molecule has 1 rings (SSSR count). The van der Waals surface area contributed by atoms with Crippen LogP contribution in [-0.2, 0) is 4.79 Å². The summed E-state index contributed by atoms with van der Waals surface area (Å²) in [5.41, 5.74) is 8.36. The fraction of sp³-hybridized carbons (Fsp3) is 0.325. The molecule has 3 heteroatoms. The Morgan fingerprint density at radius 2 is 1.02 bits per heavy atom. The molecule has 0 heterocycles. The first-order chi connectivity index (χ1) is 20.2. The van der Waals surface area contributed by atoms with Crippen LogP contribution in [0.15, 0.2) is 154 Å². The molecule has 0 aliphatic heterocycles. The van der Waals surface area contributed by atoms with Gasteiger partial charge >= 0.3 is 5.97 Å². The minimum absolute atomic E-state index is 0.211. The summed E-state index contributed by atoms with van der Waals surface area (Å²) in [6, 6.07) is 0. The predicted octanol–water partition coefficient (Wildman–Crippen LogP) is 10.6. The lowest BCUT2D eigenvalue weighted by Crippen LogP contribution is -2.34. The molecule has 230 valence electrons. The molecule has 1 atom stereocenters. The van der Waals surface area contributed by atoms with Crippen molar-refractivity contribution in [2.45, 2.75) is 81.3 Å². The summed E-state index contributed by atoms with van der Waals surface area (Å²) in [5.74, 6) is -0.907. The topological polar surface area (TPSA) is 57.5 Å². The maximum absolute atomic E-state index is 10.8. The summed E-state index contributed by atoms with van der Waals surface area (Å²) >= 11 is 0. The van der Waals surface area contributed by atoms with Crippen LogP contribution in [0.5, 0.6) is 0 Å². The second kappa shape index (κ2) is 19.3. The lowest BCUT2D eigenvalue weighted by Gasteiger charge is -2.37. The van der Waals surface area contributed by atoms with Gasteiger partial charge in [-0.05, 0) is 66.9 Å². The van der Waals surface area contributed by atoms with Gasteiger partial charge in [0, 0.05) is 11.0 Å². The van der Waals surface area contributed by atoms with Crippen molar-refractivity contribution in [2.24, 2.45) is 5.41 Å². The maximum atomic E-state index is 10.8. The first-order valence-corrected chi connectivity index (χ1v) is 15.0. The summed E-state index contributed by atoms with van der Waals surface area (Å²) in [6.45, 7) is 18.3. The van der Waals surface area contributed by atoms with E-state index in [1.54, 1.807) is 19.1 Å². The summed E-state index contributed by atoms with van der Waals surface area (Å²) in [6.07, 6.45) is 37.8. The zero-order chi connectivity index (χ0) is 32.4. The molecule has 3 nitrogen and oxygen atoms in total. The Morgan fingerprint density at radius 3 is 1.44 bits per heavy atom. The van der Waals surface area contributed by atoms with E-state index >= 15 is 0 Å². The van der Waals surface area contributed by atoms with Gasteiger partial charge in [0.15, 0.2) is 0 Å². The normalized spacial score (nSPS) is 20.5. The molecule has 0 fully saturated rings. The molecule has 1 aliphatic carbocycles. The molecule has 0 amide bonds. The van der Waals surface area contributed by atoms with Crippen molar-refractivity contribution in [3.05, 3.63) is 154 Å². The van der Waals surface area contributed by atoms with E-state index in [4.69, 9.17) is 5.11 Å². The van der Waals surface area contributed by atoms with Gasteiger partial charge < -0.3 is 10.2 Å². The van der Waals surface area contributed by atoms with Gasteiger partial charge in [-0.2, -0.15) is 0 Å². The molecule has 43 heavy (non-hydrogen) atoms. The Kier molecular flexibility index (Phi) is 16.6. The van der Waals surface area contributed by atoms with E-state index in [-0.39, 0.29) is 11.5 Å². The third-order valence-corrected chi connectivity index (χ3v) is 7.32. The highest BCUT2D eigenvalue weighted by atomic mass is 16.4. The molecule has 0 saturated carbocycles. The molecule has 0 aromatic carbocycles. The van der Waals surface area contributed by atoms with Gasteiger partial charge in [0.25, 0.3) is 0 Å². The van der Waals surface area contributed by atoms with Crippen molar-refractivity contribution < 1.29 is 15.0 Å². The lowest BCUT2D eigenvalue weighted by atomic mass is 9.70. The number of aliphatic carboxylic acids is 1. The highest BCUT2D eigenvalue weighted by Gasteiger charge is 2.34. The van der Waals surface area contributed by atoms with Gasteiger partial charge in [-0.15, -0.1) is 0 Å². The van der Waals surface area contributed by atoms with E-state index in [0.717, 1.165) is 35.1 Å². The Bertz CT molecular complexity index is 1370. The number of rotatable bonds is 13. The van der Waals surface area contributed by atoms with Crippen molar-refractivity contribution in [1.29, 1.82) is 0 Å². The SMILES string of the molecule is CC(C=CC=C(C)C=CC=C(C)C=CC=C(C)C(=O)O)=CC=CC=C(C)C=CC=C(C)C=CC1=C(C)CCC(O)C1(C)C. The van der Waals surface area contributed by atoms with E-state index in [1.165, 1.54) is 16.7 Å². The average Bonchev–Trinajstić information content (AvgIpc) is 2.93. The standard InChI is InChI=1S/C40H52O3/c1-30(18-12-20-32(3)21-13-22-33(4)24-15-25-36(7)39(42)43)16-10-11-17-31(2)19-14-23-34(5)26-28-37-35(6)27-29-38(41)40(37,8)9/h10-26,28,38,41H,27,29H2,1-9H3,(H,42,43). The molecular weight excluding hydrogens is 528 g/mol. The highest BCUT2D eigenvalue weighted by Crippen LogP contribution is 2.41. The first kappa shape index (κ1) is 37.1. The van der Waals surface area contributed by atoms with Gasteiger partial charge in [0.2, 0.25) is 0 Å². The van der Waals surface area contributed by atoms with E-state index < -0.39 is 5.97 Å². The van der Waals surface area contributed by atoms with Crippen LogP contribution in [0.3, 0.4) is 0 Å². The van der Waals surface area contributed by atoms with Crippen LogP contribution in [0, 0.1) is 5.41 Å². The largest absolute Gasteiger partial charge is 0.478 e. The lowest BCUT2D eigenvalue weighted by molar-refractivity contribution is -0.132. The number of hydrogen-bond acceptors (Lipinski definition) is 2. The number of aliphatic hydroxyl groups is 1. The van der Waals surface area contributed by atoms with E-state index in [0.29, 0.717) is 5.57 Å². The summed E-state index contributed by atoms with van der Waals surface area (Å²) < 4.78 is 0. The molecule has 0 spiro atoms. The second-order valence-electron chi connectivity index (χ2n) is 11.8. The molecule has 0 aromatic heterocycles. The van der Waals surface area contributed by atoms with Gasteiger partial charge in [0.1, 0.15) is 0 Å². The van der Waals surface area contributed by atoms with Crippen LogP contribution < -0.4 is 0 Å². The molecule has 2 N–H and O–H groups in total. The Morgan fingerprint density at radius 1 is 0.651 bits per heavy atom. The maximum Gasteiger partial charge on any atom is 0.331 e. The second-order valence-corrected chi connectivity index (χ2v) is 11.8. The first-order valence-electron chi connectivity index (χ1n) is 15.0. The molecule has 1 aliphatic rings. The van der Waals surface area contributed by atoms with Crippen LogP contribution in [0.25, 0.3) is 0 Å². The van der Waals surface area contributed by atoms with E-state index in [2.05, 4.69) is 96.2 Å². The number of carboxylic acid groups (broad SMARTS) is 1. The minimum Gasteiger partial charge on any atom is -0.478 e. The monoisotopic (exact) mass is 580 g/mol. The van der Waals surface area contributed by atoms with Gasteiger partial charge in [-0.3, -0.25) is 0 Å². The van der Waals surface area contributed by atoms with Crippen LogP contribution in [0.4, 0.5) is 0 Å². The number of carboxylic acids is 1. The van der Waals surface area contributed by atoms with Crippen LogP contribution >= 0.6 is 0 Å². The molecule has 0 saturated heterocycles. The fourth-order valence-electron chi connectivity index (χ4n) is 4.31. The minimum atomic E-state index is -0.907. The summed E-state index contributed by atoms with van der Waals surface area (Å²) in [5, 5.41) is 19.3. The Hall–Kier alpha value is -3.95. The number of carbonyl (C=O) groups is 1. The zero-order valence-corrected chi connectivity index (χ0v) is 27.7. The Labute approximate surface area is 261 Å². The zero-order valence-electron chi connectivity index (χ0n) is 27.7. The predicted molar refractivity (Wildman–Crippen MR) is 187 cm³/mol. The van der Waals surface area contributed by atoms with Crippen LogP contribution in [-0.4, -0.2) is 22.3 Å². The molecule has 0 aromatic rings. The number of hydrogen-bond donors (Lipinski definition) is 2. The van der Waals surface area contributed by atoms with Crippen molar-refractivity contribution in [1.82, 2.24) is 0 Å².